The van der Waals surface area contributed by atoms with Gasteiger partial charge in [-0.15, -0.1) is 0 Å². The van der Waals surface area contributed by atoms with Gasteiger partial charge in [-0.1, -0.05) is 0 Å². The van der Waals surface area contributed by atoms with Crippen molar-refractivity contribution in [2.75, 3.05) is 0 Å². The third-order valence-electron chi connectivity index (χ3n) is 3.76. The van der Waals surface area contributed by atoms with E-state index in [1.54, 1.807) is 19.2 Å². The van der Waals surface area contributed by atoms with Crippen molar-refractivity contribution in [3.63, 3.8) is 0 Å². The molecule has 1 fully saturated rings. The summed E-state index contributed by atoms with van der Waals surface area (Å²) in [7, 11) is 1.92. The van der Waals surface area contributed by atoms with Crippen LogP contribution in [0.15, 0.2) is 29.3 Å². The van der Waals surface area contributed by atoms with Gasteiger partial charge in [0.25, 0.3) is 5.91 Å². The highest BCUT2D eigenvalue weighted by Crippen LogP contribution is 2.40. The molecule has 2 aromatic rings. The topological polar surface area (TPSA) is 79.8 Å². The quantitative estimate of drug-likeness (QED) is 0.889. The second-order valence-corrected chi connectivity index (χ2v) is 5.60. The first-order valence-corrected chi connectivity index (χ1v) is 7.03. The number of amides is 1. The van der Waals surface area contributed by atoms with Crippen molar-refractivity contribution in [1.29, 1.82) is 0 Å². The highest BCUT2D eigenvalue weighted by atomic mass is 16.2. The van der Waals surface area contributed by atoms with E-state index in [9.17, 15) is 9.59 Å². The Balaban J connectivity index is 1.84. The van der Waals surface area contributed by atoms with Gasteiger partial charge in [-0.25, -0.2) is 4.98 Å². The van der Waals surface area contributed by atoms with Gasteiger partial charge in [-0.2, -0.15) is 0 Å². The van der Waals surface area contributed by atoms with Crippen molar-refractivity contribution >= 4 is 5.91 Å². The minimum atomic E-state index is -0.264. The molecule has 1 aliphatic carbocycles. The molecule has 6 heteroatoms. The summed E-state index contributed by atoms with van der Waals surface area (Å²) in [5, 5.41) is 3.02. The fraction of sp³-hybridized carbons (Fsp3) is 0.400. The number of aryl methyl sites for hydroxylation is 2. The Morgan fingerprint density at radius 3 is 2.81 bits per heavy atom. The Bertz CT molecular complexity index is 727. The molecule has 110 valence electrons. The highest BCUT2D eigenvalue weighted by Gasteiger charge is 2.35. The van der Waals surface area contributed by atoms with Crippen molar-refractivity contribution in [2.45, 2.75) is 25.8 Å². The molecule has 0 bridgehead atoms. The molecule has 3 rings (SSSR count). The standard InChI is InChI=1S/C15H18N4O2/c1-9-7-11(8-12(20)17-9)15(21)18-13(10-3-4-10)14-16-5-6-19(14)2/h5-8,10,13H,3-4H2,1-2H3,(H,17,20)(H,18,21). The number of nitrogens with one attached hydrogen (secondary N) is 2. The van der Waals surface area contributed by atoms with E-state index in [1.807, 2.05) is 17.8 Å². The van der Waals surface area contributed by atoms with E-state index in [4.69, 9.17) is 0 Å². The van der Waals surface area contributed by atoms with Crippen molar-refractivity contribution in [3.05, 3.63) is 52.0 Å². The van der Waals surface area contributed by atoms with Gasteiger partial charge in [0.2, 0.25) is 5.56 Å². The lowest BCUT2D eigenvalue weighted by Gasteiger charge is -2.18. The molecule has 1 atom stereocenters. The molecule has 2 aromatic heterocycles. The van der Waals surface area contributed by atoms with Crippen LogP contribution in [0.4, 0.5) is 0 Å². The largest absolute Gasteiger partial charge is 0.342 e. The molecule has 1 unspecified atom stereocenters. The number of carbonyl (C=O) groups is 1. The van der Waals surface area contributed by atoms with Gasteiger partial charge in [-0.3, -0.25) is 9.59 Å². The van der Waals surface area contributed by atoms with E-state index in [0.717, 1.165) is 18.7 Å². The molecule has 6 nitrogen and oxygen atoms in total. The normalized spacial score (nSPS) is 15.7. The summed E-state index contributed by atoms with van der Waals surface area (Å²) in [5.41, 5.74) is 0.795. The molecule has 2 N–H and O–H groups in total. The zero-order chi connectivity index (χ0) is 15.0. The zero-order valence-corrected chi connectivity index (χ0v) is 12.1. The van der Waals surface area contributed by atoms with E-state index >= 15 is 0 Å². The van der Waals surface area contributed by atoms with Crippen LogP contribution in [0.5, 0.6) is 0 Å². The predicted molar refractivity (Wildman–Crippen MR) is 77.9 cm³/mol. The minimum Gasteiger partial charge on any atom is -0.342 e. The fourth-order valence-corrected chi connectivity index (χ4v) is 2.54. The van der Waals surface area contributed by atoms with Crippen molar-refractivity contribution < 1.29 is 4.79 Å². The van der Waals surface area contributed by atoms with Crippen LogP contribution in [0.25, 0.3) is 0 Å². The molecular weight excluding hydrogens is 268 g/mol. The van der Waals surface area contributed by atoms with Crippen LogP contribution in [0.1, 0.15) is 40.8 Å². The molecule has 0 aliphatic heterocycles. The maximum atomic E-state index is 12.4. The van der Waals surface area contributed by atoms with Gasteiger partial charge < -0.3 is 14.9 Å². The van der Waals surface area contributed by atoms with E-state index in [2.05, 4.69) is 15.3 Å². The lowest BCUT2D eigenvalue weighted by molar-refractivity contribution is 0.0928. The number of imidazole rings is 1. The number of hydrogen-bond acceptors (Lipinski definition) is 3. The zero-order valence-electron chi connectivity index (χ0n) is 12.1. The molecular formula is C15H18N4O2. The highest BCUT2D eigenvalue weighted by molar-refractivity contribution is 5.94. The molecule has 0 saturated heterocycles. The van der Waals surface area contributed by atoms with Gasteiger partial charge in [0, 0.05) is 36.8 Å². The molecule has 1 amide bonds. The average Bonchev–Trinajstić information content (AvgIpc) is 3.17. The minimum absolute atomic E-state index is 0.0999. The predicted octanol–water partition coefficient (Wildman–Crippen LogP) is 1.30. The summed E-state index contributed by atoms with van der Waals surface area (Å²) in [6, 6.07) is 2.90. The number of H-pyrrole nitrogens is 1. The van der Waals surface area contributed by atoms with E-state index in [-0.39, 0.29) is 17.5 Å². The van der Waals surface area contributed by atoms with Crippen LogP contribution < -0.4 is 10.9 Å². The van der Waals surface area contributed by atoms with Crippen molar-refractivity contribution in [2.24, 2.45) is 13.0 Å². The molecule has 0 radical (unpaired) electrons. The monoisotopic (exact) mass is 286 g/mol. The molecule has 1 saturated carbocycles. The number of aromatic nitrogens is 3. The van der Waals surface area contributed by atoms with E-state index < -0.39 is 0 Å². The number of hydrogen-bond donors (Lipinski definition) is 2. The third-order valence-corrected chi connectivity index (χ3v) is 3.76. The lowest BCUT2D eigenvalue weighted by atomic mass is 10.1. The van der Waals surface area contributed by atoms with Gasteiger partial charge in [0.15, 0.2) is 0 Å². The van der Waals surface area contributed by atoms with E-state index in [1.165, 1.54) is 6.07 Å². The Kier molecular flexibility index (Phi) is 3.37. The smallest absolute Gasteiger partial charge is 0.252 e. The maximum Gasteiger partial charge on any atom is 0.252 e. The Morgan fingerprint density at radius 2 is 2.24 bits per heavy atom. The maximum absolute atomic E-state index is 12.4. The summed E-state index contributed by atoms with van der Waals surface area (Å²) in [6.07, 6.45) is 5.78. The molecule has 0 spiro atoms. The van der Waals surface area contributed by atoms with Crippen LogP contribution in [-0.2, 0) is 7.05 Å². The summed E-state index contributed by atoms with van der Waals surface area (Å²) < 4.78 is 1.92. The first-order valence-electron chi connectivity index (χ1n) is 7.03. The molecule has 0 aromatic carbocycles. The molecule has 1 aliphatic rings. The van der Waals surface area contributed by atoms with Gasteiger partial charge in [0.05, 0.1) is 6.04 Å². The van der Waals surface area contributed by atoms with Crippen LogP contribution >= 0.6 is 0 Å². The Morgan fingerprint density at radius 1 is 1.48 bits per heavy atom. The third kappa shape index (κ3) is 2.89. The van der Waals surface area contributed by atoms with Gasteiger partial charge >= 0.3 is 0 Å². The van der Waals surface area contributed by atoms with Crippen LogP contribution in [-0.4, -0.2) is 20.4 Å². The summed E-state index contributed by atoms with van der Waals surface area (Å²) in [6.45, 7) is 1.76. The second-order valence-electron chi connectivity index (χ2n) is 5.60. The van der Waals surface area contributed by atoms with Crippen LogP contribution in [0, 0.1) is 12.8 Å². The van der Waals surface area contributed by atoms with Crippen LogP contribution in [0.3, 0.4) is 0 Å². The fourth-order valence-electron chi connectivity index (χ4n) is 2.54. The number of carbonyl (C=O) groups excluding carboxylic acids is 1. The summed E-state index contributed by atoms with van der Waals surface area (Å²) in [5.74, 6) is 1.05. The number of aromatic amines is 1. The van der Waals surface area contributed by atoms with Crippen molar-refractivity contribution in [3.8, 4) is 0 Å². The van der Waals surface area contributed by atoms with Crippen molar-refractivity contribution in [1.82, 2.24) is 19.9 Å². The Hall–Kier alpha value is -2.37. The molecule has 21 heavy (non-hydrogen) atoms. The van der Waals surface area contributed by atoms with Gasteiger partial charge in [0.1, 0.15) is 5.82 Å². The SMILES string of the molecule is Cc1cc(C(=O)NC(c2nccn2C)C2CC2)cc(=O)[nH]1. The van der Waals surface area contributed by atoms with E-state index in [0.29, 0.717) is 17.2 Å². The molecule has 2 heterocycles. The second kappa shape index (κ2) is 5.20. The first kappa shape index (κ1) is 13.6. The van der Waals surface area contributed by atoms with Crippen LogP contribution in [0.2, 0.25) is 0 Å². The first-order chi connectivity index (χ1) is 10.0. The summed E-state index contributed by atoms with van der Waals surface area (Å²) in [4.78, 5) is 30.9. The Labute approximate surface area is 122 Å². The number of pyridine rings is 1. The van der Waals surface area contributed by atoms with Gasteiger partial charge in [-0.05, 0) is 31.7 Å². The number of rotatable bonds is 4. The lowest BCUT2D eigenvalue weighted by Crippen LogP contribution is -2.32. The number of nitrogens with zero attached hydrogens (tertiary/aromatic N) is 2. The summed E-state index contributed by atoms with van der Waals surface area (Å²) >= 11 is 0. The average molecular weight is 286 g/mol.